The fourth-order valence-electron chi connectivity index (χ4n) is 1.93. The van der Waals surface area contributed by atoms with E-state index in [-0.39, 0.29) is 5.76 Å². The Bertz CT molecular complexity index is 536. The van der Waals surface area contributed by atoms with Gasteiger partial charge >= 0.3 is 18.1 Å². The fraction of sp³-hybridized carbons (Fsp3) is 0.615. The zero-order valence-electron chi connectivity index (χ0n) is 12.5. The van der Waals surface area contributed by atoms with Gasteiger partial charge in [-0.15, -0.1) is 0 Å². The molecule has 0 bridgehead atoms. The molecule has 1 aliphatic heterocycles. The summed E-state index contributed by atoms with van der Waals surface area (Å²) in [6.45, 7) is 3.05. The molecule has 0 unspecified atom stereocenters. The molecule has 1 aromatic rings. The zero-order chi connectivity index (χ0) is 17.6. The molecule has 0 radical (unpaired) electrons. The SMILES string of the molecule is COC(=O)c1cc([C@@H]2CC[C@@H](C)NC2)no1.O=C(O)C(F)(F)F. The molecule has 2 N–H and O–H groups in total. The number of nitrogens with one attached hydrogen (secondary N) is 1. The van der Waals surface area contributed by atoms with Crippen molar-refractivity contribution in [3.8, 4) is 0 Å². The van der Waals surface area contributed by atoms with Crippen LogP contribution >= 0.6 is 0 Å². The number of carbonyl (C=O) groups is 2. The normalized spacial score (nSPS) is 21.1. The Balaban J connectivity index is 0.000000322. The van der Waals surface area contributed by atoms with E-state index in [1.165, 1.54) is 7.11 Å². The highest BCUT2D eigenvalue weighted by Crippen LogP contribution is 2.24. The van der Waals surface area contributed by atoms with Gasteiger partial charge in [0.05, 0.1) is 12.8 Å². The minimum absolute atomic E-state index is 0.177. The van der Waals surface area contributed by atoms with Crippen LogP contribution in [0.5, 0.6) is 0 Å². The van der Waals surface area contributed by atoms with Gasteiger partial charge < -0.3 is 19.7 Å². The molecule has 0 aliphatic carbocycles. The molecule has 0 spiro atoms. The van der Waals surface area contributed by atoms with E-state index in [1.54, 1.807) is 6.07 Å². The lowest BCUT2D eigenvalue weighted by molar-refractivity contribution is -0.192. The maximum absolute atomic E-state index is 11.2. The van der Waals surface area contributed by atoms with Gasteiger partial charge in [-0.25, -0.2) is 9.59 Å². The molecule has 1 aliphatic rings. The van der Waals surface area contributed by atoms with Crippen LogP contribution in [0.1, 0.15) is 41.9 Å². The monoisotopic (exact) mass is 338 g/mol. The predicted molar refractivity (Wildman–Crippen MR) is 71.0 cm³/mol. The van der Waals surface area contributed by atoms with E-state index in [9.17, 15) is 18.0 Å². The highest BCUT2D eigenvalue weighted by molar-refractivity contribution is 5.86. The third-order valence-electron chi connectivity index (χ3n) is 3.24. The molecule has 0 amide bonds. The van der Waals surface area contributed by atoms with Crippen molar-refractivity contribution in [2.45, 2.75) is 37.9 Å². The van der Waals surface area contributed by atoms with Gasteiger partial charge in [0.15, 0.2) is 0 Å². The zero-order valence-corrected chi connectivity index (χ0v) is 12.5. The van der Waals surface area contributed by atoms with Crippen LogP contribution in [0.4, 0.5) is 13.2 Å². The summed E-state index contributed by atoms with van der Waals surface area (Å²) in [6.07, 6.45) is -2.90. The van der Waals surface area contributed by atoms with Crippen LogP contribution in [0.15, 0.2) is 10.6 Å². The number of piperidine rings is 1. The molecular formula is C13H17F3N2O5. The summed E-state index contributed by atoms with van der Waals surface area (Å²) in [4.78, 5) is 20.1. The van der Waals surface area contributed by atoms with Crippen molar-refractivity contribution < 1.29 is 37.1 Å². The van der Waals surface area contributed by atoms with Gasteiger partial charge in [-0.1, -0.05) is 5.16 Å². The minimum Gasteiger partial charge on any atom is -0.475 e. The Morgan fingerprint density at radius 2 is 2.04 bits per heavy atom. The van der Waals surface area contributed by atoms with Crippen molar-refractivity contribution >= 4 is 11.9 Å². The average molecular weight is 338 g/mol. The summed E-state index contributed by atoms with van der Waals surface area (Å²) in [5.41, 5.74) is 0.833. The number of carbonyl (C=O) groups excluding carboxylic acids is 1. The largest absolute Gasteiger partial charge is 0.490 e. The summed E-state index contributed by atoms with van der Waals surface area (Å²) in [5.74, 6) is -2.72. The molecule has 2 rings (SSSR count). The van der Waals surface area contributed by atoms with Gasteiger partial charge in [0.2, 0.25) is 5.76 Å². The van der Waals surface area contributed by atoms with Crippen molar-refractivity contribution in [2.24, 2.45) is 0 Å². The fourth-order valence-corrected chi connectivity index (χ4v) is 1.93. The van der Waals surface area contributed by atoms with Crippen molar-refractivity contribution in [1.82, 2.24) is 10.5 Å². The molecular weight excluding hydrogens is 321 g/mol. The Morgan fingerprint density at radius 1 is 1.43 bits per heavy atom. The number of hydrogen-bond donors (Lipinski definition) is 2. The summed E-state index contributed by atoms with van der Waals surface area (Å²) in [7, 11) is 1.33. The van der Waals surface area contributed by atoms with Crippen molar-refractivity contribution in [3.05, 3.63) is 17.5 Å². The summed E-state index contributed by atoms with van der Waals surface area (Å²) in [5, 5.41) is 14.4. The van der Waals surface area contributed by atoms with E-state index < -0.39 is 18.1 Å². The third kappa shape index (κ3) is 5.89. The first-order chi connectivity index (χ1) is 10.6. The second kappa shape index (κ2) is 7.95. The second-order valence-corrected chi connectivity index (χ2v) is 4.99. The van der Waals surface area contributed by atoms with Crippen LogP contribution in [0, 0.1) is 0 Å². The molecule has 2 atom stereocenters. The molecule has 1 fully saturated rings. The Hall–Kier alpha value is -2.10. The molecule has 130 valence electrons. The molecule has 1 saturated heterocycles. The number of halogens is 3. The Kier molecular flexibility index (Phi) is 6.55. The standard InChI is InChI=1S/C11H16N2O3.C2HF3O2/c1-7-3-4-8(6-12-7)9-5-10(16-13-9)11(14)15-2;3-2(4,5)1(6)7/h5,7-8,12H,3-4,6H2,1-2H3;(H,6,7)/t7-,8-;/m1./s1. The second-order valence-electron chi connectivity index (χ2n) is 4.99. The third-order valence-corrected chi connectivity index (χ3v) is 3.24. The summed E-state index contributed by atoms with van der Waals surface area (Å²) < 4.78 is 41.2. The van der Waals surface area contributed by atoms with E-state index in [0.29, 0.717) is 12.0 Å². The maximum atomic E-state index is 11.2. The van der Waals surface area contributed by atoms with Gasteiger partial charge in [0.25, 0.3) is 0 Å². The van der Waals surface area contributed by atoms with Crippen molar-refractivity contribution in [3.63, 3.8) is 0 Å². The molecule has 7 nitrogen and oxygen atoms in total. The molecule has 0 aromatic carbocycles. The molecule has 23 heavy (non-hydrogen) atoms. The van der Waals surface area contributed by atoms with Crippen molar-refractivity contribution in [2.75, 3.05) is 13.7 Å². The van der Waals surface area contributed by atoms with E-state index >= 15 is 0 Å². The quantitative estimate of drug-likeness (QED) is 0.795. The predicted octanol–water partition coefficient (Wildman–Crippen LogP) is 1.95. The number of methoxy groups -OCH3 is 1. The molecule has 0 saturated carbocycles. The van der Waals surface area contributed by atoms with Crippen LogP contribution in [-0.2, 0) is 9.53 Å². The number of aromatic nitrogens is 1. The summed E-state index contributed by atoms with van der Waals surface area (Å²) in [6, 6.07) is 2.23. The first-order valence-electron chi connectivity index (χ1n) is 6.73. The van der Waals surface area contributed by atoms with Gasteiger partial charge in [-0.3, -0.25) is 0 Å². The first-order valence-corrected chi connectivity index (χ1v) is 6.73. The maximum Gasteiger partial charge on any atom is 0.490 e. The molecule has 10 heteroatoms. The van der Waals surface area contributed by atoms with Gasteiger partial charge in [-0.05, 0) is 19.8 Å². The van der Waals surface area contributed by atoms with E-state index in [2.05, 4.69) is 22.1 Å². The lowest BCUT2D eigenvalue weighted by Crippen LogP contribution is -2.35. The number of nitrogens with zero attached hydrogens (tertiary/aromatic N) is 1. The lowest BCUT2D eigenvalue weighted by atomic mass is 9.93. The average Bonchev–Trinajstić information content (AvgIpc) is 2.96. The van der Waals surface area contributed by atoms with Crippen LogP contribution in [0.3, 0.4) is 0 Å². The number of aliphatic carboxylic acids is 1. The van der Waals surface area contributed by atoms with Crippen molar-refractivity contribution in [1.29, 1.82) is 0 Å². The van der Waals surface area contributed by atoms with Crippen LogP contribution in [0.2, 0.25) is 0 Å². The van der Waals surface area contributed by atoms with Gasteiger partial charge in [0.1, 0.15) is 0 Å². The van der Waals surface area contributed by atoms with Gasteiger partial charge in [-0.2, -0.15) is 13.2 Å². The molecule has 2 heterocycles. The Labute approximate surface area is 129 Å². The number of carboxylic acids is 1. The Morgan fingerprint density at radius 3 is 2.48 bits per heavy atom. The van der Waals surface area contributed by atoms with Gasteiger partial charge in [0, 0.05) is 24.6 Å². The minimum atomic E-state index is -5.08. The van der Waals surface area contributed by atoms with E-state index in [1.807, 2.05) is 0 Å². The van der Waals surface area contributed by atoms with Crippen LogP contribution in [0.25, 0.3) is 0 Å². The number of rotatable bonds is 2. The highest BCUT2D eigenvalue weighted by atomic mass is 19.4. The molecule has 1 aromatic heterocycles. The van der Waals surface area contributed by atoms with Crippen LogP contribution < -0.4 is 5.32 Å². The first kappa shape index (κ1) is 18.9. The summed E-state index contributed by atoms with van der Waals surface area (Å²) >= 11 is 0. The topological polar surface area (TPSA) is 102 Å². The number of esters is 1. The number of hydrogen-bond acceptors (Lipinski definition) is 6. The smallest absolute Gasteiger partial charge is 0.475 e. The van der Waals surface area contributed by atoms with E-state index in [0.717, 1.165) is 25.1 Å². The number of alkyl halides is 3. The number of ether oxygens (including phenoxy) is 1. The number of carboxylic acid groups (broad SMARTS) is 1. The highest BCUT2D eigenvalue weighted by Gasteiger charge is 2.38. The lowest BCUT2D eigenvalue weighted by Gasteiger charge is -2.25. The van der Waals surface area contributed by atoms with Crippen LogP contribution in [-0.4, -0.2) is 48.1 Å². The van der Waals surface area contributed by atoms with E-state index in [4.69, 9.17) is 14.4 Å².